The van der Waals surface area contributed by atoms with Crippen molar-refractivity contribution < 1.29 is 0 Å². The van der Waals surface area contributed by atoms with Gasteiger partial charge in [0.2, 0.25) is 0 Å². The van der Waals surface area contributed by atoms with Crippen LogP contribution in [-0.4, -0.2) is 9.97 Å². The molecule has 1 heterocycles. The fraction of sp³-hybridized carbons (Fsp3) is 0.333. The number of hydrogen-bond acceptors (Lipinski definition) is 3. The molecule has 2 aromatic rings. The molecular weight excluding hydrogens is 222 g/mol. The van der Waals surface area contributed by atoms with E-state index in [2.05, 4.69) is 41.2 Å². The van der Waals surface area contributed by atoms with E-state index in [1.165, 1.54) is 5.56 Å². The molecule has 2 rings (SSSR count). The van der Waals surface area contributed by atoms with Crippen LogP contribution in [0.4, 0.5) is 5.82 Å². The van der Waals surface area contributed by atoms with Crippen molar-refractivity contribution >= 4 is 5.82 Å². The number of rotatable bonds is 4. The van der Waals surface area contributed by atoms with Crippen LogP contribution >= 0.6 is 0 Å². The van der Waals surface area contributed by atoms with Gasteiger partial charge in [0.15, 0.2) is 0 Å². The summed E-state index contributed by atoms with van der Waals surface area (Å²) >= 11 is 0. The maximum atomic E-state index is 5.91. The van der Waals surface area contributed by atoms with Crippen LogP contribution in [0.1, 0.15) is 29.6 Å². The van der Waals surface area contributed by atoms with Crippen LogP contribution in [0.3, 0.4) is 0 Å². The van der Waals surface area contributed by atoms with Gasteiger partial charge in [-0.05, 0) is 25.3 Å². The van der Waals surface area contributed by atoms with Gasteiger partial charge in [-0.1, -0.05) is 37.3 Å². The predicted octanol–water partition coefficient (Wildman–Crippen LogP) is 2.71. The molecule has 18 heavy (non-hydrogen) atoms. The lowest BCUT2D eigenvalue weighted by Crippen LogP contribution is -2.07. The molecule has 2 N–H and O–H groups in total. The SMILES string of the molecule is CCc1nc(CCc2ccccc2)nc(N)c1C. The van der Waals surface area contributed by atoms with Gasteiger partial charge in [-0.25, -0.2) is 9.97 Å². The molecule has 0 amide bonds. The van der Waals surface area contributed by atoms with Crippen molar-refractivity contribution in [3.05, 3.63) is 53.0 Å². The smallest absolute Gasteiger partial charge is 0.131 e. The molecule has 0 aliphatic rings. The first-order valence-electron chi connectivity index (χ1n) is 6.36. The van der Waals surface area contributed by atoms with E-state index in [9.17, 15) is 0 Å². The maximum Gasteiger partial charge on any atom is 0.131 e. The number of aromatic nitrogens is 2. The average molecular weight is 241 g/mol. The van der Waals surface area contributed by atoms with Crippen molar-refractivity contribution in [2.24, 2.45) is 0 Å². The fourth-order valence-electron chi connectivity index (χ4n) is 1.99. The molecule has 1 aromatic heterocycles. The number of benzene rings is 1. The second kappa shape index (κ2) is 5.63. The minimum atomic E-state index is 0.616. The highest BCUT2D eigenvalue weighted by Crippen LogP contribution is 2.14. The van der Waals surface area contributed by atoms with Crippen molar-refractivity contribution in [1.29, 1.82) is 0 Å². The van der Waals surface area contributed by atoms with Gasteiger partial charge in [-0.15, -0.1) is 0 Å². The summed E-state index contributed by atoms with van der Waals surface area (Å²) in [6.07, 6.45) is 2.69. The van der Waals surface area contributed by atoms with E-state index in [1.54, 1.807) is 0 Å². The number of nitrogens with zero attached hydrogens (tertiary/aromatic N) is 2. The fourth-order valence-corrected chi connectivity index (χ4v) is 1.99. The van der Waals surface area contributed by atoms with Crippen molar-refractivity contribution in [2.75, 3.05) is 5.73 Å². The average Bonchev–Trinajstić information content (AvgIpc) is 2.41. The third kappa shape index (κ3) is 2.86. The van der Waals surface area contributed by atoms with Gasteiger partial charge < -0.3 is 5.73 Å². The zero-order valence-corrected chi connectivity index (χ0v) is 11.0. The van der Waals surface area contributed by atoms with Crippen LogP contribution in [-0.2, 0) is 19.3 Å². The van der Waals surface area contributed by atoms with E-state index in [1.807, 2.05) is 13.0 Å². The van der Waals surface area contributed by atoms with E-state index in [4.69, 9.17) is 5.73 Å². The number of aryl methyl sites for hydroxylation is 3. The van der Waals surface area contributed by atoms with Crippen molar-refractivity contribution in [3.8, 4) is 0 Å². The Balaban J connectivity index is 2.13. The molecule has 3 nitrogen and oxygen atoms in total. The summed E-state index contributed by atoms with van der Waals surface area (Å²) in [7, 11) is 0. The third-order valence-corrected chi connectivity index (χ3v) is 3.15. The highest BCUT2D eigenvalue weighted by atomic mass is 14.9. The monoisotopic (exact) mass is 241 g/mol. The van der Waals surface area contributed by atoms with E-state index in [0.717, 1.165) is 36.3 Å². The lowest BCUT2D eigenvalue weighted by Gasteiger charge is -2.08. The second-order valence-corrected chi connectivity index (χ2v) is 4.44. The van der Waals surface area contributed by atoms with Crippen molar-refractivity contribution in [3.63, 3.8) is 0 Å². The van der Waals surface area contributed by atoms with Gasteiger partial charge in [0.05, 0.1) is 0 Å². The molecule has 0 fully saturated rings. The van der Waals surface area contributed by atoms with E-state index in [0.29, 0.717) is 5.82 Å². The van der Waals surface area contributed by atoms with E-state index >= 15 is 0 Å². The van der Waals surface area contributed by atoms with Crippen molar-refractivity contribution in [1.82, 2.24) is 9.97 Å². The van der Waals surface area contributed by atoms with Gasteiger partial charge >= 0.3 is 0 Å². The summed E-state index contributed by atoms with van der Waals surface area (Å²) in [5.41, 5.74) is 9.29. The minimum absolute atomic E-state index is 0.616. The number of hydrogen-bond donors (Lipinski definition) is 1. The van der Waals surface area contributed by atoms with Crippen LogP contribution in [0, 0.1) is 6.92 Å². The topological polar surface area (TPSA) is 51.8 Å². The maximum absolute atomic E-state index is 5.91. The highest BCUT2D eigenvalue weighted by molar-refractivity contribution is 5.41. The highest BCUT2D eigenvalue weighted by Gasteiger charge is 2.07. The van der Waals surface area contributed by atoms with Gasteiger partial charge in [0.25, 0.3) is 0 Å². The molecule has 0 saturated carbocycles. The van der Waals surface area contributed by atoms with Crippen LogP contribution in [0.25, 0.3) is 0 Å². The summed E-state index contributed by atoms with van der Waals surface area (Å²) in [6.45, 7) is 4.07. The van der Waals surface area contributed by atoms with Crippen LogP contribution in [0.15, 0.2) is 30.3 Å². The van der Waals surface area contributed by atoms with Gasteiger partial charge in [-0.3, -0.25) is 0 Å². The standard InChI is InChI=1S/C15H19N3/c1-3-13-11(2)15(16)18-14(17-13)10-9-12-7-5-4-6-8-12/h4-8H,3,9-10H2,1-2H3,(H2,16,17,18). The summed E-state index contributed by atoms with van der Waals surface area (Å²) in [5, 5.41) is 0. The summed E-state index contributed by atoms with van der Waals surface area (Å²) < 4.78 is 0. The zero-order valence-electron chi connectivity index (χ0n) is 11.0. The van der Waals surface area contributed by atoms with Gasteiger partial charge in [0, 0.05) is 17.7 Å². The Morgan fingerprint density at radius 3 is 2.44 bits per heavy atom. The Morgan fingerprint density at radius 1 is 1.06 bits per heavy atom. The summed E-state index contributed by atoms with van der Waals surface area (Å²) in [5.74, 6) is 1.46. The second-order valence-electron chi connectivity index (χ2n) is 4.44. The summed E-state index contributed by atoms with van der Waals surface area (Å²) in [4.78, 5) is 8.94. The molecule has 1 aromatic carbocycles. The van der Waals surface area contributed by atoms with Crippen LogP contribution in [0.2, 0.25) is 0 Å². The van der Waals surface area contributed by atoms with Crippen LogP contribution in [0.5, 0.6) is 0 Å². The van der Waals surface area contributed by atoms with Crippen LogP contribution < -0.4 is 5.73 Å². The van der Waals surface area contributed by atoms with Crippen molar-refractivity contribution in [2.45, 2.75) is 33.1 Å². The van der Waals surface area contributed by atoms with Gasteiger partial charge in [0.1, 0.15) is 11.6 Å². The lowest BCUT2D eigenvalue weighted by molar-refractivity contribution is 0.828. The van der Waals surface area contributed by atoms with E-state index in [-0.39, 0.29) is 0 Å². The Labute approximate surface area is 108 Å². The number of nitrogen functional groups attached to an aromatic ring is 1. The largest absolute Gasteiger partial charge is 0.383 e. The Kier molecular flexibility index (Phi) is 3.92. The van der Waals surface area contributed by atoms with E-state index < -0.39 is 0 Å². The molecule has 0 aliphatic heterocycles. The molecular formula is C15H19N3. The Morgan fingerprint density at radius 2 is 1.78 bits per heavy atom. The molecule has 0 radical (unpaired) electrons. The predicted molar refractivity (Wildman–Crippen MR) is 74.4 cm³/mol. The normalized spacial score (nSPS) is 10.6. The lowest BCUT2D eigenvalue weighted by atomic mass is 10.1. The quantitative estimate of drug-likeness (QED) is 0.895. The number of anilines is 1. The zero-order chi connectivity index (χ0) is 13.0. The first kappa shape index (κ1) is 12.6. The number of nitrogens with two attached hydrogens (primary N) is 1. The Hall–Kier alpha value is -1.90. The molecule has 0 aliphatic carbocycles. The molecule has 0 bridgehead atoms. The molecule has 3 heteroatoms. The molecule has 0 atom stereocenters. The first-order valence-corrected chi connectivity index (χ1v) is 6.36. The third-order valence-electron chi connectivity index (χ3n) is 3.15. The molecule has 0 saturated heterocycles. The first-order chi connectivity index (χ1) is 8.70. The molecule has 94 valence electrons. The Bertz CT molecular complexity index is 521. The summed E-state index contributed by atoms with van der Waals surface area (Å²) in [6, 6.07) is 10.4. The van der Waals surface area contributed by atoms with Gasteiger partial charge in [-0.2, -0.15) is 0 Å². The molecule has 0 unspecified atom stereocenters. The minimum Gasteiger partial charge on any atom is -0.383 e. The molecule has 0 spiro atoms.